The number of fused-ring (bicyclic) bond motifs is 10. The first-order valence-corrected chi connectivity index (χ1v) is 18.8. The fourth-order valence-corrected chi connectivity index (χ4v) is 8.99. The lowest BCUT2D eigenvalue weighted by Gasteiger charge is -2.10. The second-order valence-electron chi connectivity index (χ2n) is 14.5. The van der Waals surface area contributed by atoms with Crippen molar-refractivity contribution in [3.05, 3.63) is 194 Å². The molecule has 0 N–H and O–H groups in total. The molecule has 0 atom stereocenters. The Bertz CT molecular complexity index is 3490. The number of benzene rings is 9. The maximum absolute atomic E-state index is 6.29. The van der Waals surface area contributed by atoms with E-state index in [0.717, 1.165) is 27.6 Å². The molecule has 0 aliphatic rings. The van der Waals surface area contributed by atoms with Crippen LogP contribution in [-0.2, 0) is 0 Å². The van der Waals surface area contributed by atoms with Crippen LogP contribution in [0.1, 0.15) is 0 Å². The third-order valence-corrected chi connectivity index (χ3v) is 11.5. The molecule has 0 spiro atoms. The summed E-state index contributed by atoms with van der Waals surface area (Å²) in [7, 11) is 0. The molecule has 3 heterocycles. The van der Waals surface area contributed by atoms with Gasteiger partial charge in [-0.2, -0.15) is 0 Å². The molecule has 55 heavy (non-hydrogen) atoms. The first kappa shape index (κ1) is 30.1. The van der Waals surface area contributed by atoms with Crippen molar-refractivity contribution in [2.45, 2.75) is 0 Å². The summed E-state index contributed by atoms with van der Waals surface area (Å²) in [6.45, 7) is 0. The summed E-state index contributed by atoms with van der Waals surface area (Å²) in [5.74, 6) is 0. The van der Waals surface area contributed by atoms with E-state index in [2.05, 4.69) is 197 Å². The Kier molecular flexibility index (Phi) is 6.34. The molecule has 3 nitrogen and oxygen atoms in total. The van der Waals surface area contributed by atoms with Crippen molar-refractivity contribution in [1.82, 2.24) is 9.13 Å². The normalized spacial score (nSPS) is 12.0. The Balaban J connectivity index is 1.07. The zero-order valence-electron chi connectivity index (χ0n) is 29.8. The van der Waals surface area contributed by atoms with E-state index in [1.807, 2.05) is 6.07 Å². The quantitative estimate of drug-likeness (QED) is 0.179. The van der Waals surface area contributed by atoms with Crippen LogP contribution in [0, 0.1) is 0 Å². The van der Waals surface area contributed by atoms with Crippen LogP contribution in [0.25, 0.3) is 110 Å². The van der Waals surface area contributed by atoms with E-state index >= 15 is 0 Å². The van der Waals surface area contributed by atoms with E-state index in [0.29, 0.717) is 0 Å². The fraction of sp³-hybridized carbons (Fsp3) is 0. The highest BCUT2D eigenvalue weighted by atomic mass is 16.3. The molecular weight excluding hydrogens is 669 g/mol. The molecule has 9 aromatic carbocycles. The molecule has 0 aliphatic carbocycles. The lowest BCUT2D eigenvalue weighted by molar-refractivity contribution is 0.669. The maximum Gasteiger partial charge on any atom is 0.136 e. The van der Waals surface area contributed by atoms with Crippen LogP contribution in [0.3, 0.4) is 0 Å². The number of nitrogens with zero attached hydrogens (tertiary/aromatic N) is 2. The molecule has 3 aromatic heterocycles. The Morgan fingerprint density at radius 2 is 0.873 bits per heavy atom. The minimum absolute atomic E-state index is 0.908. The Morgan fingerprint density at radius 1 is 0.309 bits per heavy atom. The molecule has 0 aliphatic heterocycles. The smallest absolute Gasteiger partial charge is 0.136 e. The van der Waals surface area contributed by atoms with Crippen LogP contribution < -0.4 is 0 Å². The molecule has 0 radical (unpaired) electrons. The molecule has 12 aromatic rings. The van der Waals surface area contributed by atoms with Crippen molar-refractivity contribution in [1.29, 1.82) is 0 Å². The van der Waals surface area contributed by atoms with Gasteiger partial charge in [-0.1, -0.05) is 115 Å². The van der Waals surface area contributed by atoms with Gasteiger partial charge in [0.1, 0.15) is 11.2 Å². The van der Waals surface area contributed by atoms with E-state index in [1.165, 1.54) is 82.3 Å². The Hall–Kier alpha value is -7.36. The van der Waals surface area contributed by atoms with Gasteiger partial charge in [-0.15, -0.1) is 0 Å². The van der Waals surface area contributed by atoms with E-state index in [9.17, 15) is 0 Å². The van der Waals surface area contributed by atoms with Gasteiger partial charge in [0.25, 0.3) is 0 Å². The fourth-order valence-electron chi connectivity index (χ4n) is 8.99. The molecule has 12 rings (SSSR count). The molecule has 0 fully saturated rings. The average Bonchev–Trinajstić information content (AvgIpc) is 3.91. The summed E-state index contributed by atoms with van der Waals surface area (Å²) in [6, 6.07) is 70.4. The molecule has 0 bridgehead atoms. The molecule has 0 amide bonds. The van der Waals surface area contributed by atoms with Gasteiger partial charge in [0.15, 0.2) is 0 Å². The third kappa shape index (κ3) is 4.50. The second-order valence-corrected chi connectivity index (χ2v) is 14.5. The van der Waals surface area contributed by atoms with Crippen molar-refractivity contribution >= 4 is 76.3 Å². The highest BCUT2D eigenvalue weighted by Gasteiger charge is 2.18. The van der Waals surface area contributed by atoms with E-state index in [4.69, 9.17) is 4.42 Å². The number of hydrogen-bond acceptors (Lipinski definition) is 1. The topological polar surface area (TPSA) is 23.0 Å². The molecule has 0 saturated carbocycles. The Morgan fingerprint density at radius 3 is 1.65 bits per heavy atom. The van der Waals surface area contributed by atoms with Crippen molar-refractivity contribution in [3.63, 3.8) is 0 Å². The first-order chi connectivity index (χ1) is 27.3. The molecule has 0 unspecified atom stereocenters. The van der Waals surface area contributed by atoms with Gasteiger partial charge in [0, 0.05) is 43.7 Å². The standard InChI is InChI=1S/C52H32N2O/c1-2-13-38(14-3-1)53-48-27-23-36(31-44(48)45-32-37(24-28-49(45)53)40-17-10-20-51-52(40)42-16-7-9-19-50(42)55-51)35-22-26-47-43(30-35)41-15-6-8-18-46(41)54(47)39-25-21-33-11-4-5-12-34(33)29-39/h1-32H. The zero-order chi connectivity index (χ0) is 36.0. The predicted molar refractivity (Wildman–Crippen MR) is 231 cm³/mol. The minimum atomic E-state index is 0.908. The summed E-state index contributed by atoms with van der Waals surface area (Å²) in [5.41, 5.74) is 13.6. The van der Waals surface area contributed by atoms with E-state index < -0.39 is 0 Å². The predicted octanol–water partition coefficient (Wildman–Crippen LogP) is 14.3. The van der Waals surface area contributed by atoms with Crippen LogP contribution >= 0.6 is 0 Å². The number of furan rings is 1. The third-order valence-electron chi connectivity index (χ3n) is 11.5. The number of para-hydroxylation sites is 3. The second kappa shape index (κ2) is 11.6. The van der Waals surface area contributed by atoms with Crippen LogP contribution in [0.15, 0.2) is 199 Å². The summed E-state index contributed by atoms with van der Waals surface area (Å²) >= 11 is 0. The number of rotatable bonds is 4. The van der Waals surface area contributed by atoms with Gasteiger partial charge in [0.05, 0.1) is 22.1 Å². The summed E-state index contributed by atoms with van der Waals surface area (Å²) < 4.78 is 11.1. The zero-order valence-corrected chi connectivity index (χ0v) is 29.8. The minimum Gasteiger partial charge on any atom is -0.456 e. The lowest BCUT2D eigenvalue weighted by atomic mass is 9.97. The lowest BCUT2D eigenvalue weighted by Crippen LogP contribution is -1.94. The van der Waals surface area contributed by atoms with Crippen LogP contribution in [0.4, 0.5) is 0 Å². The Labute approximate surface area is 316 Å². The van der Waals surface area contributed by atoms with E-state index in [-0.39, 0.29) is 0 Å². The van der Waals surface area contributed by atoms with Gasteiger partial charge in [-0.3, -0.25) is 0 Å². The SMILES string of the molecule is c1ccc(-n2c3ccc(-c4ccc5c(c4)c4ccccc4n5-c4ccc5ccccc5c4)cc3c3cc(-c4cccc5oc6ccccc6c45)ccc32)cc1. The molecule has 256 valence electrons. The molecule has 0 saturated heterocycles. The van der Waals surface area contributed by atoms with Crippen LogP contribution in [-0.4, -0.2) is 9.13 Å². The van der Waals surface area contributed by atoms with Gasteiger partial charge >= 0.3 is 0 Å². The van der Waals surface area contributed by atoms with Crippen molar-refractivity contribution in [2.24, 2.45) is 0 Å². The van der Waals surface area contributed by atoms with Gasteiger partial charge in [0.2, 0.25) is 0 Å². The van der Waals surface area contributed by atoms with Gasteiger partial charge < -0.3 is 13.6 Å². The number of aromatic nitrogens is 2. The van der Waals surface area contributed by atoms with E-state index in [1.54, 1.807) is 0 Å². The van der Waals surface area contributed by atoms with Crippen molar-refractivity contribution in [2.75, 3.05) is 0 Å². The van der Waals surface area contributed by atoms with Gasteiger partial charge in [-0.05, 0) is 112 Å². The maximum atomic E-state index is 6.29. The van der Waals surface area contributed by atoms with Gasteiger partial charge in [-0.25, -0.2) is 0 Å². The largest absolute Gasteiger partial charge is 0.456 e. The summed E-state index contributed by atoms with van der Waals surface area (Å²) in [6.07, 6.45) is 0. The van der Waals surface area contributed by atoms with Crippen LogP contribution in [0.2, 0.25) is 0 Å². The van der Waals surface area contributed by atoms with Crippen molar-refractivity contribution in [3.8, 4) is 33.6 Å². The molecular formula is C52H32N2O. The average molecular weight is 701 g/mol. The molecule has 3 heteroatoms. The highest BCUT2D eigenvalue weighted by molar-refractivity contribution is 6.16. The monoisotopic (exact) mass is 700 g/mol. The van der Waals surface area contributed by atoms with Crippen molar-refractivity contribution < 1.29 is 4.42 Å². The summed E-state index contributed by atoms with van der Waals surface area (Å²) in [5, 5.41) is 9.72. The highest BCUT2D eigenvalue weighted by Crippen LogP contribution is 2.42. The number of hydrogen-bond donors (Lipinski definition) is 0. The first-order valence-electron chi connectivity index (χ1n) is 18.8. The van der Waals surface area contributed by atoms with Crippen LogP contribution in [0.5, 0.6) is 0 Å². The summed E-state index contributed by atoms with van der Waals surface area (Å²) in [4.78, 5) is 0.